The fourth-order valence-electron chi connectivity index (χ4n) is 1.89. The molecule has 0 aliphatic carbocycles. The van der Waals surface area contributed by atoms with Gasteiger partial charge in [0.1, 0.15) is 11.9 Å². The van der Waals surface area contributed by atoms with E-state index in [0.29, 0.717) is 12.1 Å². The van der Waals surface area contributed by atoms with E-state index >= 15 is 0 Å². The molecule has 0 aliphatic heterocycles. The Bertz CT molecular complexity index is 599. The number of hydrogen-bond donors (Lipinski definition) is 1. The Balaban J connectivity index is 1.99. The van der Waals surface area contributed by atoms with Crippen molar-refractivity contribution in [1.82, 2.24) is 20.0 Å². The van der Waals surface area contributed by atoms with Gasteiger partial charge in [-0.1, -0.05) is 5.21 Å². The quantitative estimate of drug-likeness (QED) is 0.898. The van der Waals surface area contributed by atoms with Gasteiger partial charge >= 0.3 is 0 Å². The second-order valence-corrected chi connectivity index (χ2v) is 4.45. The molecule has 1 N–H and O–H groups in total. The lowest BCUT2D eigenvalue weighted by atomic mass is 10.1. The summed E-state index contributed by atoms with van der Waals surface area (Å²) in [5, 5.41) is 20.1. The molecule has 0 saturated carbocycles. The van der Waals surface area contributed by atoms with E-state index in [4.69, 9.17) is 5.26 Å². The molecular weight excluding hydrogens is 240 g/mol. The zero-order chi connectivity index (χ0) is 13.8. The third-order valence-corrected chi connectivity index (χ3v) is 2.81. The molecule has 0 fully saturated rings. The van der Waals surface area contributed by atoms with Crippen LogP contribution in [0.1, 0.15) is 22.5 Å². The lowest BCUT2D eigenvalue weighted by molar-refractivity contribution is 0.608. The molecule has 98 valence electrons. The van der Waals surface area contributed by atoms with Gasteiger partial charge in [0.2, 0.25) is 0 Å². The summed E-state index contributed by atoms with van der Waals surface area (Å²) < 4.78 is 1.78. The Labute approximate surface area is 112 Å². The van der Waals surface area contributed by atoms with E-state index in [1.165, 1.54) is 0 Å². The average Bonchev–Trinajstić information content (AvgIpc) is 2.75. The first-order valence-corrected chi connectivity index (χ1v) is 6.09. The summed E-state index contributed by atoms with van der Waals surface area (Å²) in [6, 6.07) is 4.05. The maximum absolute atomic E-state index is 8.99. The molecule has 6 nitrogen and oxygen atoms in total. The Morgan fingerprint density at radius 2 is 2.16 bits per heavy atom. The van der Waals surface area contributed by atoms with Crippen molar-refractivity contribution in [3.63, 3.8) is 0 Å². The van der Waals surface area contributed by atoms with Gasteiger partial charge in [0, 0.05) is 12.7 Å². The van der Waals surface area contributed by atoms with Crippen molar-refractivity contribution in [3.05, 3.63) is 34.8 Å². The first kappa shape index (κ1) is 13.0. The number of aromatic nitrogens is 4. The molecule has 2 rings (SSSR count). The largest absolute Gasteiger partial charge is 0.368 e. The molecule has 0 amide bonds. The van der Waals surface area contributed by atoms with Crippen molar-refractivity contribution in [2.24, 2.45) is 0 Å². The number of anilines is 1. The number of rotatable bonds is 4. The molecule has 6 heteroatoms. The van der Waals surface area contributed by atoms with Gasteiger partial charge in [0.25, 0.3) is 0 Å². The van der Waals surface area contributed by atoms with Crippen molar-refractivity contribution >= 4 is 5.82 Å². The molecule has 2 heterocycles. The molecule has 0 spiro atoms. The van der Waals surface area contributed by atoms with E-state index in [2.05, 4.69) is 26.7 Å². The van der Waals surface area contributed by atoms with Crippen LogP contribution in [0.2, 0.25) is 0 Å². The summed E-state index contributed by atoms with van der Waals surface area (Å²) in [7, 11) is 0. The fraction of sp³-hybridized carbons (Fsp3) is 0.385. The summed E-state index contributed by atoms with van der Waals surface area (Å²) in [5.41, 5.74) is 3.25. The molecule has 19 heavy (non-hydrogen) atoms. The van der Waals surface area contributed by atoms with Crippen LogP contribution in [-0.2, 0) is 6.54 Å². The van der Waals surface area contributed by atoms with E-state index < -0.39 is 0 Å². The molecule has 0 bridgehead atoms. The molecule has 0 saturated heterocycles. The van der Waals surface area contributed by atoms with Gasteiger partial charge in [-0.15, -0.1) is 5.10 Å². The zero-order valence-corrected chi connectivity index (χ0v) is 11.3. The Hall–Kier alpha value is -2.42. The fourth-order valence-corrected chi connectivity index (χ4v) is 1.89. The maximum Gasteiger partial charge on any atom is 0.126 e. The van der Waals surface area contributed by atoms with Crippen molar-refractivity contribution in [3.8, 4) is 6.07 Å². The van der Waals surface area contributed by atoms with Gasteiger partial charge in [-0.05, 0) is 32.4 Å². The van der Waals surface area contributed by atoms with Gasteiger partial charge in [-0.3, -0.25) is 4.68 Å². The van der Waals surface area contributed by atoms with Crippen LogP contribution in [0.25, 0.3) is 0 Å². The molecule has 0 aromatic carbocycles. The van der Waals surface area contributed by atoms with Gasteiger partial charge < -0.3 is 5.32 Å². The minimum absolute atomic E-state index is 0.650. The maximum atomic E-state index is 8.99. The summed E-state index contributed by atoms with van der Waals surface area (Å²) in [6.45, 7) is 7.10. The topological polar surface area (TPSA) is 79.4 Å². The van der Waals surface area contributed by atoms with Crippen LogP contribution >= 0.6 is 0 Å². The molecule has 0 radical (unpaired) electrons. The van der Waals surface area contributed by atoms with E-state index in [0.717, 1.165) is 29.3 Å². The summed E-state index contributed by atoms with van der Waals surface area (Å²) >= 11 is 0. The molecule has 0 atom stereocenters. The van der Waals surface area contributed by atoms with Crippen molar-refractivity contribution in [1.29, 1.82) is 5.26 Å². The van der Waals surface area contributed by atoms with Gasteiger partial charge in [0.15, 0.2) is 0 Å². The van der Waals surface area contributed by atoms with E-state index in [9.17, 15) is 0 Å². The van der Waals surface area contributed by atoms with E-state index in [1.807, 2.05) is 33.0 Å². The van der Waals surface area contributed by atoms with Crippen LogP contribution in [0.15, 0.2) is 12.3 Å². The number of nitriles is 1. The van der Waals surface area contributed by atoms with Crippen LogP contribution in [0.3, 0.4) is 0 Å². The zero-order valence-electron chi connectivity index (χ0n) is 11.3. The Morgan fingerprint density at radius 3 is 2.74 bits per heavy atom. The second kappa shape index (κ2) is 5.48. The van der Waals surface area contributed by atoms with Gasteiger partial charge in [-0.2, -0.15) is 5.26 Å². The first-order chi connectivity index (χ1) is 9.10. The predicted octanol–water partition coefficient (Wildman–Crippen LogP) is 1.58. The third kappa shape index (κ3) is 3.07. The third-order valence-electron chi connectivity index (χ3n) is 2.81. The number of pyridine rings is 1. The van der Waals surface area contributed by atoms with E-state index in [1.54, 1.807) is 4.68 Å². The second-order valence-electron chi connectivity index (χ2n) is 4.45. The van der Waals surface area contributed by atoms with Crippen LogP contribution in [0, 0.1) is 32.1 Å². The summed E-state index contributed by atoms with van der Waals surface area (Å²) in [5.74, 6) is 0.783. The monoisotopic (exact) mass is 256 g/mol. The molecule has 0 unspecified atom stereocenters. The first-order valence-electron chi connectivity index (χ1n) is 6.09. The highest BCUT2D eigenvalue weighted by Crippen LogP contribution is 2.15. The van der Waals surface area contributed by atoms with Crippen molar-refractivity contribution in [2.45, 2.75) is 27.3 Å². The average molecular weight is 256 g/mol. The molecule has 0 aliphatic rings. The number of aryl methyl sites for hydroxylation is 3. The Kier molecular flexibility index (Phi) is 3.76. The summed E-state index contributed by atoms with van der Waals surface area (Å²) in [6.07, 6.45) is 1.89. The highest BCUT2D eigenvalue weighted by Gasteiger charge is 2.05. The predicted molar refractivity (Wildman–Crippen MR) is 71.7 cm³/mol. The number of nitrogens with zero attached hydrogens (tertiary/aromatic N) is 5. The highest BCUT2D eigenvalue weighted by atomic mass is 15.4. The minimum Gasteiger partial charge on any atom is -0.368 e. The molecule has 2 aromatic rings. The highest BCUT2D eigenvalue weighted by molar-refractivity contribution is 5.48. The van der Waals surface area contributed by atoms with Crippen molar-refractivity contribution in [2.75, 3.05) is 11.9 Å². The van der Waals surface area contributed by atoms with Gasteiger partial charge in [0.05, 0.1) is 23.5 Å². The van der Waals surface area contributed by atoms with Crippen LogP contribution < -0.4 is 5.32 Å². The lowest BCUT2D eigenvalue weighted by Gasteiger charge is -2.09. The minimum atomic E-state index is 0.650. The lowest BCUT2D eigenvalue weighted by Crippen LogP contribution is -2.12. The molecule has 2 aromatic heterocycles. The van der Waals surface area contributed by atoms with Gasteiger partial charge in [-0.25, -0.2) is 4.98 Å². The van der Waals surface area contributed by atoms with Crippen molar-refractivity contribution < 1.29 is 0 Å². The number of nitrogens with one attached hydrogen (secondary N) is 1. The normalized spacial score (nSPS) is 10.2. The van der Waals surface area contributed by atoms with Crippen LogP contribution in [-0.4, -0.2) is 26.5 Å². The number of hydrogen-bond acceptors (Lipinski definition) is 5. The summed E-state index contributed by atoms with van der Waals surface area (Å²) in [4.78, 5) is 4.36. The smallest absolute Gasteiger partial charge is 0.126 e. The van der Waals surface area contributed by atoms with Crippen LogP contribution in [0.4, 0.5) is 5.82 Å². The SMILES string of the molecule is Cc1cn(CCNc2cc(C)c(C#N)c(C)n2)nn1. The van der Waals surface area contributed by atoms with Crippen LogP contribution in [0.5, 0.6) is 0 Å². The Morgan fingerprint density at radius 1 is 1.37 bits per heavy atom. The molecular formula is C13H16N6. The van der Waals surface area contributed by atoms with E-state index in [-0.39, 0.29) is 0 Å². The standard InChI is InChI=1S/C13H16N6/c1-9-6-13(16-11(3)12(9)7-14)15-4-5-19-8-10(2)17-18-19/h6,8H,4-5H2,1-3H3,(H,15,16).